The molecule has 0 amide bonds. The average molecular weight is 337 g/mol. The molecule has 3 heterocycles. The summed E-state index contributed by atoms with van der Waals surface area (Å²) >= 11 is 1.47. The minimum atomic E-state index is 0.119. The van der Waals surface area contributed by atoms with E-state index in [0.717, 1.165) is 18.9 Å². The van der Waals surface area contributed by atoms with Gasteiger partial charge >= 0.3 is 0 Å². The second-order valence-electron chi connectivity index (χ2n) is 4.97. The summed E-state index contributed by atoms with van der Waals surface area (Å²) in [6.45, 7) is 3.57. The molecule has 0 aromatic carbocycles. The van der Waals surface area contributed by atoms with Crippen molar-refractivity contribution in [3.8, 4) is 0 Å². The van der Waals surface area contributed by atoms with Crippen molar-refractivity contribution < 1.29 is 9.84 Å². The molecule has 1 aliphatic heterocycles. The van der Waals surface area contributed by atoms with Crippen LogP contribution in [0, 0.1) is 0 Å². The van der Waals surface area contributed by atoms with Gasteiger partial charge in [-0.3, -0.25) is 0 Å². The predicted molar refractivity (Wildman–Crippen MR) is 87.9 cm³/mol. The first kappa shape index (κ1) is 16.1. The fraction of sp³-hybridized carbons (Fsp3) is 0.615. The summed E-state index contributed by atoms with van der Waals surface area (Å²) in [6, 6.07) is 0. The lowest BCUT2D eigenvalue weighted by atomic mass is 10.3. The normalized spacial score (nSPS) is 15.1. The average Bonchev–Trinajstić information content (AvgIpc) is 2.62. The van der Waals surface area contributed by atoms with Crippen LogP contribution in [0.1, 0.15) is 6.42 Å². The largest absolute Gasteiger partial charge is 0.396 e. The lowest BCUT2D eigenvalue weighted by Gasteiger charge is -2.28. The number of anilines is 2. The molecule has 3 rings (SSSR count). The third-order valence-corrected chi connectivity index (χ3v) is 4.03. The molecule has 0 bridgehead atoms. The smallest absolute Gasteiger partial charge is 0.190 e. The van der Waals surface area contributed by atoms with Crippen molar-refractivity contribution >= 4 is 34.4 Å². The van der Waals surface area contributed by atoms with Gasteiger partial charge in [0.05, 0.1) is 13.2 Å². The Morgan fingerprint density at radius 2 is 2.04 bits per heavy atom. The molecular formula is C13H19N7O2S. The Bertz CT molecular complexity index is 666. The molecule has 0 saturated carbocycles. The molecule has 2 aromatic heterocycles. The van der Waals surface area contributed by atoms with Crippen molar-refractivity contribution in [3.05, 3.63) is 0 Å². The number of morpholine rings is 1. The summed E-state index contributed by atoms with van der Waals surface area (Å²) < 4.78 is 5.40. The van der Waals surface area contributed by atoms with Crippen molar-refractivity contribution in [1.82, 2.24) is 25.4 Å². The van der Waals surface area contributed by atoms with Crippen LogP contribution in [0.3, 0.4) is 0 Å². The SMILES string of the molecule is CSc1nc(N2CCOCC2)c2nnnc(NCCCO)c2n1. The highest BCUT2D eigenvalue weighted by atomic mass is 32.2. The highest BCUT2D eigenvalue weighted by Crippen LogP contribution is 2.28. The molecule has 0 atom stereocenters. The number of nitrogens with one attached hydrogen (secondary N) is 1. The molecular weight excluding hydrogens is 318 g/mol. The van der Waals surface area contributed by atoms with E-state index >= 15 is 0 Å². The maximum absolute atomic E-state index is 8.92. The minimum absolute atomic E-state index is 0.119. The zero-order valence-corrected chi connectivity index (χ0v) is 13.7. The third-order valence-electron chi connectivity index (χ3n) is 3.48. The van der Waals surface area contributed by atoms with Gasteiger partial charge in [-0.2, -0.15) is 0 Å². The van der Waals surface area contributed by atoms with E-state index in [-0.39, 0.29) is 6.61 Å². The molecule has 9 nitrogen and oxygen atoms in total. The van der Waals surface area contributed by atoms with Gasteiger partial charge in [0.2, 0.25) is 0 Å². The summed E-state index contributed by atoms with van der Waals surface area (Å²) in [5, 5.41) is 24.8. The number of rotatable bonds is 6. The van der Waals surface area contributed by atoms with Gasteiger partial charge in [-0.05, 0) is 17.9 Å². The Morgan fingerprint density at radius 3 is 2.78 bits per heavy atom. The van der Waals surface area contributed by atoms with Gasteiger partial charge in [-0.1, -0.05) is 11.8 Å². The standard InChI is InChI=1S/C13H19N7O2S/c1-23-13-15-9-10(12(16-13)20-4-7-22-8-5-20)17-19-18-11(9)14-3-2-6-21/h21H,2-8H2,1H3,(H,14,17,18). The molecule has 0 aliphatic carbocycles. The number of nitrogens with zero attached hydrogens (tertiary/aromatic N) is 6. The van der Waals surface area contributed by atoms with Gasteiger partial charge in [-0.25, -0.2) is 9.97 Å². The molecule has 10 heteroatoms. The number of hydrogen-bond acceptors (Lipinski definition) is 10. The minimum Gasteiger partial charge on any atom is -0.396 e. The topological polar surface area (TPSA) is 109 Å². The van der Waals surface area contributed by atoms with Gasteiger partial charge in [0.25, 0.3) is 0 Å². The fourth-order valence-corrected chi connectivity index (χ4v) is 2.69. The number of aliphatic hydroxyl groups excluding tert-OH is 1. The van der Waals surface area contributed by atoms with Crippen molar-refractivity contribution in [3.63, 3.8) is 0 Å². The second-order valence-corrected chi connectivity index (χ2v) is 5.75. The van der Waals surface area contributed by atoms with E-state index < -0.39 is 0 Å². The maximum atomic E-state index is 8.92. The van der Waals surface area contributed by atoms with Crippen LogP contribution in [0.5, 0.6) is 0 Å². The molecule has 23 heavy (non-hydrogen) atoms. The monoisotopic (exact) mass is 337 g/mol. The fourth-order valence-electron chi connectivity index (χ4n) is 2.33. The lowest BCUT2D eigenvalue weighted by Crippen LogP contribution is -2.37. The molecule has 2 N–H and O–H groups in total. The quantitative estimate of drug-likeness (QED) is 0.430. The Hall–Kier alpha value is -1.78. The summed E-state index contributed by atoms with van der Waals surface area (Å²) in [4.78, 5) is 11.3. The van der Waals surface area contributed by atoms with Crippen LogP contribution in [0.2, 0.25) is 0 Å². The van der Waals surface area contributed by atoms with E-state index in [4.69, 9.17) is 9.84 Å². The predicted octanol–water partition coefficient (Wildman–Crippen LogP) is 0.168. The van der Waals surface area contributed by atoms with Crippen LogP contribution in [0.4, 0.5) is 11.6 Å². The Morgan fingerprint density at radius 1 is 1.22 bits per heavy atom. The maximum Gasteiger partial charge on any atom is 0.190 e. The third kappa shape index (κ3) is 3.59. The zero-order chi connectivity index (χ0) is 16.1. The first-order valence-corrected chi connectivity index (χ1v) is 8.68. The molecule has 0 spiro atoms. The highest BCUT2D eigenvalue weighted by Gasteiger charge is 2.20. The van der Waals surface area contributed by atoms with Crippen LogP contribution in [-0.4, -0.2) is 76.2 Å². The number of fused-ring (bicyclic) bond motifs is 1. The van der Waals surface area contributed by atoms with E-state index in [9.17, 15) is 0 Å². The molecule has 1 fully saturated rings. The van der Waals surface area contributed by atoms with Gasteiger partial charge in [0.1, 0.15) is 5.52 Å². The van der Waals surface area contributed by atoms with Gasteiger partial charge < -0.3 is 20.1 Å². The van der Waals surface area contributed by atoms with Crippen molar-refractivity contribution in [1.29, 1.82) is 0 Å². The van der Waals surface area contributed by atoms with Crippen LogP contribution in [0.25, 0.3) is 11.0 Å². The number of hydrogen-bond donors (Lipinski definition) is 2. The lowest BCUT2D eigenvalue weighted by molar-refractivity contribution is 0.122. The van der Waals surface area contributed by atoms with Gasteiger partial charge in [-0.15, -0.1) is 10.2 Å². The highest BCUT2D eigenvalue weighted by molar-refractivity contribution is 7.98. The van der Waals surface area contributed by atoms with E-state index in [1.807, 2.05) is 6.26 Å². The van der Waals surface area contributed by atoms with Crippen molar-refractivity contribution in [2.24, 2.45) is 0 Å². The molecule has 2 aromatic rings. The molecule has 1 saturated heterocycles. The van der Waals surface area contributed by atoms with Crippen LogP contribution >= 0.6 is 11.8 Å². The molecule has 0 radical (unpaired) electrons. The van der Waals surface area contributed by atoms with E-state index in [0.29, 0.717) is 48.2 Å². The number of ether oxygens (including phenoxy) is 1. The summed E-state index contributed by atoms with van der Waals surface area (Å²) in [6.07, 6.45) is 2.56. The second kappa shape index (κ2) is 7.66. The Kier molecular flexibility index (Phi) is 5.36. The number of thioether (sulfide) groups is 1. The van der Waals surface area contributed by atoms with Crippen LogP contribution in [-0.2, 0) is 4.74 Å². The number of aliphatic hydroxyl groups is 1. The Balaban J connectivity index is 2.03. The number of aromatic nitrogens is 5. The summed E-state index contributed by atoms with van der Waals surface area (Å²) in [5.74, 6) is 1.33. The first-order chi connectivity index (χ1) is 11.3. The summed E-state index contributed by atoms with van der Waals surface area (Å²) in [5.41, 5.74) is 1.28. The molecule has 124 valence electrons. The van der Waals surface area contributed by atoms with Crippen molar-refractivity contribution in [2.75, 3.05) is 55.9 Å². The van der Waals surface area contributed by atoms with Gasteiger partial charge in [0, 0.05) is 26.2 Å². The Labute approximate surface area is 137 Å². The van der Waals surface area contributed by atoms with E-state index in [1.54, 1.807) is 0 Å². The molecule has 1 aliphatic rings. The van der Waals surface area contributed by atoms with Gasteiger partial charge in [0.15, 0.2) is 22.3 Å². The van der Waals surface area contributed by atoms with E-state index in [1.165, 1.54) is 11.8 Å². The first-order valence-electron chi connectivity index (χ1n) is 7.46. The molecule has 0 unspecified atom stereocenters. The summed E-state index contributed by atoms with van der Waals surface area (Å²) in [7, 11) is 0. The van der Waals surface area contributed by atoms with Crippen molar-refractivity contribution in [2.45, 2.75) is 11.6 Å². The van der Waals surface area contributed by atoms with Crippen LogP contribution in [0.15, 0.2) is 5.16 Å². The zero-order valence-electron chi connectivity index (χ0n) is 12.9. The van der Waals surface area contributed by atoms with E-state index in [2.05, 4.69) is 35.6 Å². The van der Waals surface area contributed by atoms with Crippen LogP contribution < -0.4 is 10.2 Å².